The normalized spacial score (nSPS) is 16.1. The highest BCUT2D eigenvalue weighted by atomic mass is 127. The second kappa shape index (κ2) is 13.6. The third-order valence-electron chi connectivity index (χ3n) is 5.19. The van der Waals surface area contributed by atoms with Crippen molar-refractivity contribution in [3.05, 3.63) is 42.5 Å². The number of benzene rings is 1. The Morgan fingerprint density at radius 1 is 1.16 bits per heavy atom. The fourth-order valence-corrected chi connectivity index (χ4v) is 3.73. The van der Waals surface area contributed by atoms with Crippen LogP contribution in [-0.2, 0) is 11.3 Å². The Kier molecular flexibility index (Phi) is 11.2. The molecule has 9 heteroatoms. The van der Waals surface area contributed by atoms with E-state index in [1.165, 1.54) is 0 Å². The summed E-state index contributed by atoms with van der Waals surface area (Å²) in [6, 6.07) is 10.6. The highest BCUT2D eigenvalue weighted by molar-refractivity contribution is 14.0. The number of nitrogens with one attached hydrogen (secondary N) is 2. The van der Waals surface area contributed by atoms with E-state index in [4.69, 9.17) is 9.73 Å². The molecule has 2 heterocycles. The molecule has 0 radical (unpaired) electrons. The van der Waals surface area contributed by atoms with E-state index >= 15 is 0 Å². The van der Waals surface area contributed by atoms with E-state index in [9.17, 15) is 0 Å². The van der Waals surface area contributed by atoms with E-state index in [1.54, 1.807) is 6.33 Å². The first-order valence-corrected chi connectivity index (χ1v) is 11.0. The minimum Gasteiger partial charge on any atom is -0.379 e. The zero-order valence-electron chi connectivity index (χ0n) is 18.8. The molecular formula is C22H36IN7O. The molecule has 1 aromatic carbocycles. The number of hydrogen-bond acceptors (Lipinski definition) is 5. The maximum atomic E-state index is 5.53. The van der Waals surface area contributed by atoms with Crippen LogP contribution >= 0.6 is 24.0 Å². The summed E-state index contributed by atoms with van der Waals surface area (Å²) in [4.78, 5) is 7.30. The van der Waals surface area contributed by atoms with Crippen LogP contribution in [0, 0.1) is 5.92 Å². The molecule has 172 valence electrons. The Morgan fingerprint density at radius 2 is 1.90 bits per heavy atom. The highest BCUT2D eigenvalue weighted by Gasteiger charge is 2.22. The number of hydrogen-bond donors (Lipinski definition) is 2. The number of guanidine groups is 1. The summed E-state index contributed by atoms with van der Waals surface area (Å²) in [5, 5.41) is 15.2. The first kappa shape index (κ1) is 25.5. The van der Waals surface area contributed by atoms with E-state index in [-0.39, 0.29) is 24.0 Å². The third-order valence-corrected chi connectivity index (χ3v) is 5.19. The zero-order valence-corrected chi connectivity index (χ0v) is 21.2. The van der Waals surface area contributed by atoms with Gasteiger partial charge in [-0.25, -0.2) is 4.99 Å². The standard InChI is InChI=1S/C22H35N7O.HI/c1-4-23-22(24-15-20(14-18(2)3)28-10-12-30-13-11-28)25-16-21-27-26-17-29(21)19-8-6-5-7-9-19;/h5-9,17-18,20H,4,10-16H2,1-3H3,(H2,23,24,25);1H. The van der Waals surface area contributed by atoms with Gasteiger partial charge in [0.25, 0.3) is 0 Å². The van der Waals surface area contributed by atoms with Crippen LogP contribution < -0.4 is 10.6 Å². The van der Waals surface area contributed by atoms with Gasteiger partial charge in [-0.15, -0.1) is 34.2 Å². The number of morpholine rings is 1. The predicted molar refractivity (Wildman–Crippen MR) is 135 cm³/mol. The van der Waals surface area contributed by atoms with Gasteiger partial charge in [0.05, 0.1) is 13.2 Å². The van der Waals surface area contributed by atoms with E-state index < -0.39 is 0 Å². The molecule has 2 N–H and O–H groups in total. The van der Waals surface area contributed by atoms with Crippen molar-refractivity contribution < 1.29 is 4.74 Å². The first-order valence-electron chi connectivity index (χ1n) is 11.0. The van der Waals surface area contributed by atoms with Gasteiger partial charge in [0.2, 0.25) is 0 Å². The van der Waals surface area contributed by atoms with Crippen molar-refractivity contribution in [2.75, 3.05) is 39.4 Å². The van der Waals surface area contributed by atoms with Crippen molar-refractivity contribution in [1.29, 1.82) is 0 Å². The summed E-state index contributed by atoms with van der Waals surface area (Å²) in [5.41, 5.74) is 1.04. The molecule has 1 atom stereocenters. The van der Waals surface area contributed by atoms with Gasteiger partial charge in [-0.05, 0) is 31.4 Å². The number of para-hydroxylation sites is 1. The summed E-state index contributed by atoms with van der Waals surface area (Å²) >= 11 is 0. The highest BCUT2D eigenvalue weighted by Crippen LogP contribution is 2.13. The van der Waals surface area contributed by atoms with Gasteiger partial charge in [0.1, 0.15) is 12.9 Å². The molecule has 1 saturated heterocycles. The molecule has 1 unspecified atom stereocenters. The lowest BCUT2D eigenvalue weighted by Crippen LogP contribution is -2.51. The minimum absolute atomic E-state index is 0. The number of rotatable bonds is 9. The Bertz CT molecular complexity index is 775. The smallest absolute Gasteiger partial charge is 0.191 e. The molecule has 2 aromatic rings. The molecular weight excluding hydrogens is 505 g/mol. The number of ether oxygens (including phenoxy) is 1. The molecule has 1 aliphatic rings. The van der Waals surface area contributed by atoms with Crippen molar-refractivity contribution in [1.82, 2.24) is 30.3 Å². The lowest BCUT2D eigenvalue weighted by molar-refractivity contribution is 0.0132. The number of nitrogens with zero attached hydrogens (tertiary/aromatic N) is 5. The number of halogens is 1. The van der Waals surface area contributed by atoms with E-state index in [2.05, 4.69) is 46.5 Å². The summed E-state index contributed by atoms with van der Waals surface area (Å²) in [5.74, 6) is 2.26. The Morgan fingerprint density at radius 3 is 2.58 bits per heavy atom. The van der Waals surface area contributed by atoms with E-state index in [0.29, 0.717) is 18.5 Å². The van der Waals surface area contributed by atoms with Gasteiger partial charge in [-0.3, -0.25) is 9.47 Å². The summed E-state index contributed by atoms with van der Waals surface area (Å²) in [7, 11) is 0. The van der Waals surface area contributed by atoms with Crippen molar-refractivity contribution in [3.8, 4) is 5.69 Å². The quantitative estimate of drug-likeness (QED) is 0.289. The topological polar surface area (TPSA) is 79.6 Å². The first-order chi connectivity index (χ1) is 14.7. The molecule has 1 fully saturated rings. The van der Waals surface area contributed by atoms with Gasteiger partial charge in [0.15, 0.2) is 11.8 Å². The van der Waals surface area contributed by atoms with Gasteiger partial charge >= 0.3 is 0 Å². The monoisotopic (exact) mass is 541 g/mol. The zero-order chi connectivity index (χ0) is 21.2. The Hall–Kier alpha value is -1.72. The molecule has 31 heavy (non-hydrogen) atoms. The van der Waals surface area contributed by atoms with Gasteiger partial charge in [-0.1, -0.05) is 32.0 Å². The van der Waals surface area contributed by atoms with Crippen molar-refractivity contribution in [2.24, 2.45) is 10.9 Å². The fraction of sp³-hybridized carbons (Fsp3) is 0.591. The Balaban J connectivity index is 0.00000341. The second-order valence-electron chi connectivity index (χ2n) is 7.96. The van der Waals surface area contributed by atoms with Crippen molar-refractivity contribution in [3.63, 3.8) is 0 Å². The molecule has 0 aliphatic carbocycles. The van der Waals surface area contributed by atoms with E-state index in [1.807, 2.05) is 34.9 Å². The number of aliphatic imine (C=N–C) groups is 1. The lowest BCUT2D eigenvalue weighted by atomic mass is 10.0. The molecule has 0 saturated carbocycles. The van der Waals surface area contributed by atoms with E-state index in [0.717, 1.165) is 63.3 Å². The summed E-state index contributed by atoms with van der Waals surface area (Å²) in [6.07, 6.45) is 2.88. The van der Waals surface area contributed by atoms with Gasteiger partial charge < -0.3 is 15.4 Å². The van der Waals surface area contributed by atoms with Gasteiger partial charge in [0, 0.05) is 37.9 Å². The fourth-order valence-electron chi connectivity index (χ4n) is 3.73. The molecule has 3 rings (SSSR count). The van der Waals surface area contributed by atoms with Crippen LogP contribution in [0.25, 0.3) is 5.69 Å². The lowest BCUT2D eigenvalue weighted by Gasteiger charge is -2.35. The Labute approximate surface area is 202 Å². The largest absolute Gasteiger partial charge is 0.379 e. The molecule has 8 nitrogen and oxygen atoms in total. The third kappa shape index (κ3) is 8.04. The van der Waals surface area contributed by atoms with Crippen LogP contribution in [0.5, 0.6) is 0 Å². The van der Waals surface area contributed by atoms with Crippen molar-refractivity contribution in [2.45, 2.75) is 39.8 Å². The van der Waals surface area contributed by atoms with Crippen LogP contribution in [0.15, 0.2) is 41.7 Å². The predicted octanol–water partition coefficient (Wildman–Crippen LogP) is 2.69. The number of aromatic nitrogens is 3. The minimum atomic E-state index is 0. The maximum Gasteiger partial charge on any atom is 0.191 e. The molecule has 1 aliphatic heterocycles. The second-order valence-corrected chi connectivity index (χ2v) is 7.96. The summed E-state index contributed by atoms with van der Waals surface area (Å²) in [6.45, 7) is 12.4. The SMILES string of the molecule is CCNC(=NCc1nncn1-c1ccccc1)NCC(CC(C)C)N1CCOCC1.I. The molecule has 0 spiro atoms. The van der Waals surface area contributed by atoms with Crippen LogP contribution in [0.4, 0.5) is 0 Å². The van der Waals surface area contributed by atoms with Gasteiger partial charge in [-0.2, -0.15) is 0 Å². The molecule has 0 amide bonds. The van der Waals surface area contributed by atoms with Crippen LogP contribution in [-0.4, -0.2) is 71.1 Å². The molecule has 1 aromatic heterocycles. The summed E-state index contributed by atoms with van der Waals surface area (Å²) < 4.78 is 7.51. The maximum absolute atomic E-state index is 5.53. The van der Waals surface area contributed by atoms with Crippen LogP contribution in [0.2, 0.25) is 0 Å². The van der Waals surface area contributed by atoms with Crippen LogP contribution in [0.1, 0.15) is 33.0 Å². The average Bonchev–Trinajstić information content (AvgIpc) is 3.24. The average molecular weight is 541 g/mol. The van der Waals surface area contributed by atoms with Crippen molar-refractivity contribution >= 4 is 29.9 Å². The van der Waals surface area contributed by atoms with Crippen LogP contribution in [0.3, 0.4) is 0 Å². The molecule has 0 bridgehead atoms.